The predicted molar refractivity (Wildman–Crippen MR) is 76.4 cm³/mol. The Bertz CT molecular complexity index is 313. The third-order valence-corrected chi connectivity index (χ3v) is 4.17. The molecule has 2 rings (SSSR count). The van der Waals surface area contributed by atoms with Crippen molar-refractivity contribution in [3.05, 3.63) is 0 Å². The topological polar surface area (TPSA) is 85.0 Å². The van der Waals surface area contributed by atoms with Gasteiger partial charge in [0, 0.05) is 6.04 Å². The standard InChI is InChI=1S/C13H24N2O4.ClH/c1-18-15-8-11(19-13(15)17)12(16)10(14)7-9-5-3-2-4-6-9;/h9-12,16H,2-8,14H2,1H3;1H/t10-,11-,12?;/m0./s1. The quantitative estimate of drug-likeness (QED) is 0.803. The number of ether oxygens (including phenoxy) is 1. The van der Waals surface area contributed by atoms with Gasteiger partial charge in [0.2, 0.25) is 0 Å². The lowest BCUT2D eigenvalue weighted by Gasteiger charge is -2.28. The molecule has 1 unspecified atom stereocenters. The molecular formula is C13H25ClN2O4. The Morgan fingerprint density at radius 1 is 1.45 bits per heavy atom. The van der Waals surface area contributed by atoms with Gasteiger partial charge in [-0.1, -0.05) is 32.1 Å². The van der Waals surface area contributed by atoms with E-state index in [1.165, 1.54) is 39.2 Å². The maximum atomic E-state index is 11.4. The summed E-state index contributed by atoms with van der Waals surface area (Å²) < 4.78 is 5.07. The highest BCUT2D eigenvalue weighted by molar-refractivity contribution is 5.85. The summed E-state index contributed by atoms with van der Waals surface area (Å²) in [5.74, 6) is 0.592. The number of hydrogen-bond donors (Lipinski definition) is 2. The minimum atomic E-state index is -0.828. The zero-order valence-electron chi connectivity index (χ0n) is 11.9. The molecular weight excluding hydrogens is 284 g/mol. The van der Waals surface area contributed by atoms with Crippen molar-refractivity contribution >= 4 is 18.5 Å². The molecule has 6 nitrogen and oxygen atoms in total. The van der Waals surface area contributed by atoms with Crippen LogP contribution in [0.2, 0.25) is 0 Å². The van der Waals surface area contributed by atoms with E-state index in [1.54, 1.807) is 0 Å². The van der Waals surface area contributed by atoms with Crippen molar-refractivity contribution in [2.45, 2.75) is 56.8 Å². The van der Waals surface area contributed by atoms with Crippen LogP contribution in [0.4, 0.5) is 4.79 Å². The van der Waals surface area contributed by atoms with Gasteiger partial charge < -0.3 is 15.6 Å². The molecule has 0 aromatic rings. The highest BCUT2D eigenvalue weighted by atomic mass is 35.5. The van der Waals surface area contributed by atoms with Crippen LogP contribution in [0.25, 0.3) is 0 Å². The first-order valence-corrected chi connectivity index (χ1v) is 7.07. The zero-order chi connectivity index (χ0) is 13.8. The number of hydroxylamine groups is 2. The van der Waals surface area contributed by atoms with Gasteiger partial charge in [-0.05, 0) is 12.3 Å². The minimum Gasteiger partial charge on any atom is -0.440 e. The van der Waals surface area contributed by atoms with Crippen LogP contribution in [0.3, 0.4) is 0 Å². The van der Waals surface area contributed by atoms with Crippen molar-refractivity contribution in [2.75, 3.05) is 13.7 Å². The van der Waals surface area contributed by atoms with E-state index in [0.29, 0.717) is 5.92 Å². The van der Waals surface area contributed by atoms with Gasteiger partial charge in [0.25, 0.3) is 0 Å². The van der Waals surface area contributed by atoms with Crippen molar-refractivity contribution in [3.63, 3.8) is 0 Å². The van der Waals surface area contributed by atoms with Crippen LogP contribution in [-0.4, -0.2) is 48.2 Å². The number of hydrogen-bond acceptors (Lipinski definition) is 5. The van der Waals surface area contributed by atoms with Crippen LogP contribution in [0.15, 0.2) is 0 Å². The SMILES string of the molecule is CON1C[C@@H](C(O)[C@@H](N)CC2CCCCC2)OC1=O.Cl. The molecule has 0 spiro atoms. The number of halogens is 1. The van der Waals surface area contributed by atoms with E-state index < -0.39 is 18.3 Å². The Balaban J connectivity index is 0.00000200. The van der Waals surface area contributed by atoms with Gasteiger partial charge in [0.1, 0.15) is 6.10 Å². The highest BCUT2D eigenvalue weighted by Crippen LogP contribution is 2.28. The summed E-state index contributed by atoms with van der Waals surface area (Å²) in [5, 5.41) is 11.3. The van der Waals surface area contributed by atoms with Crippen LogP contribution in [0.5, 0.6) is 0 Å². The summed E-state index contributed by atoms with van der Waals surface area (Å²) >= 11 is 0. The first-order valence-electron chi connectivity index (χ1n) is 7.07. The minimum absolute atomic E-state index is 0. The van der Waals surface area contributed by atoms with Gasteiger partial charge in [0.05, 0.1) is 13.7 Å². The average molecular weight is 309 g/mol. The van der Waals surface area contributed by atoms with Crippen LogP contribution >= 0.6 is 12.4 Å². The first kappa shape index (κ1) is 17.5. The van der Waals surface area contributed by atoms with Crippen molar-refractivity contribution in [2.24, 2.45) is 11.7 Å². The molecule has 0 aromatic heterocycles. The molecule has 1 aliphatic heterocycles. The molecule has 7 heteroatoms. The molecule has 1 saturated heterocycles. The molecule has 0 radical (unpaired) electrons. The summed E-state index contributed by atoms with van der Waals surface area (Å²) in [7, 11) is 1.40. The highest BCUT2D eigenvalue weighted by Gasteiger charge is 2.39. The number of carbonyl (C=O) groups is 1. The van der Waals surface area contributed by atoms with E-state index >= 15 is 0 Å². The number of nitrogens with two attached hydrogens (primary N) is 1. The van der Waals surface area contributed by atoms with E-state index in [2.05, 4.69) is 0 Å². The summed E-state index contributed by atoms with van der Waals surface area (Å²) in [4.78, 5) is 16.2. The van der Waals surface area contributed by atoms with Gasteiger partial charge >= 0.3 is 6.09 Å². The third kappa shape index (κ3) is 4.22. The summed E-state index contributed by atoms with van der Waals surface area (Å²) in [5.41, 5.74) is 6.06. The Hall–Kier alpha value is -0.560. The largest absolute Gasteiger partial charge is 0.440 e. The zero-order valence-corrected chi connectivity index (χ0v) is 12.7. The second-order valence-electron chi connectivity index (χ2n) is 5.56. The van der Waals surface area contributed by atoms with E-state index in [-0.39, 0.29) is 25.0 Å². The maximum absolute atomic E-state index is 11.4. The number of aliphatic hydroxyl groups excluding tert-OH is 1. The lowest BCUT2D eigenvalue weighted by Crippen LogP contribution is -2.45. The molecule has 1 amide bonds. The fourth-order valence-corrected chi connectivity index (χ4v) is 3.01. The molecule has 20 heavy (non-hydrogen) atoms. The number of aliphatic hydroxyl groups is 1. The van der Waals surface area contributed by atoms with Crippen LogP contribution in [-0.2, 0) is 9.57 Å². The Morgan fingerprint density at radius 3 is 2.65 bits per heavy atom. The van der Waals surface area contributed by atoms with Gasteiger partial charge in [-0.2, -0.15) is 5.06 Å². The van der Waals surface area contributed by atoms with E-state index in [9.17, 15) is 9.90 Å². The normalized spacial score (nSPS) is 26.9. The number of rotatable bonds is 5. The van der Waals surface area contributed by atoms with E-state index in [0.717, 1.165) is 11.5 Å². The number of cyclic esters (lactones) is 1. The molecule has 3 N–H and O–H groups in total. The van der Waals surface area contributed by atoms with Crippen molar-refractivity contribution < 1.29 is 19.5 Å². The number of carbonyl (C=O) groups excluding carboxylic acids is 1. The van der Waals surface area contributed by atoms with E-state index in [4.69, 9.17) is 15.3 Å². The average Bonchev–Trinajstić information content (AvgIpc) is 2.80. The molecule has 1 saturated carbocycles. The monoisotopic (exact) mass is 308 g/mol. The smallest absolute Gasteiger partial charge is 0.434 e. The van der Waals surface area contributed by atoms with Crippen LogP contribution < -0.4 is 5.73 Å². The van der Waals surface area contributed by atoms with E-state index in [1.807, 2.05) is 0 Å². The lowest BCUT2D eigenvalue weighted by molar-refractivity contribution is -0.0777. The third-order valence-electron chi connectivity index (χ3n) is 4.17. The van der Waals surface area contributed by atoms with Crippen molar-refractivity contribution in [3.8, 4) is 0 Å². The summed E-state index contributed by atoms with van der Waals surface area (Å²) in [6.45, 7) is 0.231. The first-order chi connectivity index (χ1) is 9.11. The van der Waals surface area contributed by atoms with Gasteiger partial charge in [-0.3, -0.25) is 4.84 Å². The Kier molecular flexibility index (Phi) is 7.02. The fraction of sp³-hybridized carbons (Fsp3) is 0.923. The molecule has 2 aliphatic rings. The fourth-order valence-electron chi connectivity index (χ4n) is 3.01. The second-order valence-corrected chi connectivity index (χ2v) is 5.56. The Morgan fingerprint density at radius 2 is 2.10 bits per heavy atom. The molecule has 1 heterocycles. The maximum Gasteiger partial charge on any atom is 0.434 e. The lowest BCUT2D eigenvalue weighted by atomic mass is 9.83. The Labute approximate surface area is 125 Å². The van der Waals surface area contributed by atoms with Crippen molar-refractivity contribution in [1.29, 1.82) is 0 Å². The summed E-state index contributed by atoms with van der Waals surface area (Å²) in [6.07, 6.45) is 5.00. The van der Waals surface area contributed by atoms with Gasteiger partial charge in [0.15, 0.2) is 6.10 Å². The van der Waals surface area contributed by atoms with Gasteiger partial charge in [-0.25, -0.2) is 4.79 Å². The molecule has 118 valence electrons. The van der Waals surface area contributed by atoms with Crippen LogP contribution in [0.1, 0.15) is 38.5 Å². The summed E-state index contributed by atoms with van der Waals surface area (Å²) in [6, 6.07) is -0.349. The number of amides is 1. The van der Waals surface area contributed by atoms with Crippen molar-refractivity contribution in [1.82, 2.24) is 5.06 Å². The molecule has 2 fully saturated rings. The molecule has 1 aliphatic carbocycles. The van der Waals surface area contributed by atoms with Gasteiger partial charge in [-0.15, -0.1) is 12.4 Å². The molecule has 0 bridgehead atoms. The van der Waals surface area contributed by atoms with Crippen LogP contribution in [0, 0.1) is 5.92 Å². The predicted octanol–water partition coefficient (Wildman–Crippen LogP) is 1.45. The number of nitrogens with zero attached hydrogens (tertiary/aromatic N) is 1. The molecule has 3 atom stereocenters. The molecule has 0 aromatic carbocycles. The second kappa shape index (κ2) is 8.02.